The van der Waals surface area contributed by atoms with Crippen LogP contribution in [0.15, 0.2) is 43.1 Å². The summed E-state index contributed by atoms with van der Waals surface area (Å²) in [5, 5.41) is 6.55. The van der Waals surface area contributed by atoms with Gasteiger partial charge < -0.3 is 29.7 Å². The molecule has 0 radical (unpaired) electrons. The molecule has 4 aliphatic rings. The Labute approximate surface area is 329 Å². The third-order valence-corrected chi connectivity index (χ3v) is 13.7. The molecule has 1 unspecified atom stereocenters. The number of nitrogens with zero attached hydrogens (tertiary/aromatic N) is 2. The highest BCUT2D eigenvalue weighted by Gasteiger charge is 2.62. The Kier molecular flexibility index (Phi) is 11.7. The highest BCUT2D eigenvalue weighted by Crippen LogP contribution is 2.46. The Morgan fingerprint density at radius 3 is 2.43 bits per heavy atom. The maximum Gasteiger partial charge on any atom is 0.408 e. The van der Waals surface area contributed by atoms with Gasteiger partial charge in [-0.15, -0.1) is 6.58 Å². The summed E-state index contributed by atoms with van der Waals surface area (Å²) >= 11 is 0. The summed E-state index contributed by atoms with van der Waals surface area (Å²) in [7, 11) is -2.33. The zero-order valence-electron chi connectivity index (χ0n) is 33.5. The average molecular weight is 796 g/mol. The molecule has 0 spiro atoms. The number of likely N-dealkylation sites (tertiary alicyclic amines) is 1. The van der Waals surface area contributed by atoms with E-state index in [4.69, 9.17) is 14.2 Å². The molecule has 306 valence electrons. The van der Waals surface area contributed by atoms with E-state index in [1.54, 1.807) is 19.4 Å². The van der Waals surface area contributed by atoms with Gasteiger partial charge in [-0.2, -0.15) is 0 Å². The summed E-state index contributed by atoms with van der Waals surface area (Å²) in [6.45, 7) is 15.6. The molecular formula is C41H57N5O9S. The smallest absolute Gasteiger partial charge is 0.408 e. The molecule has 3 N–H and O–H groups in total. The van der Waals surface area contributed by atoms with Crippen LogP contribution < -0.4 is 24.8 Å². The lowest BCUT2D eigenvalue weighted by Crippen LogP contribution is -2.60. The van der Waals surface area contributed by atoms with Crippen LogP contribution in [0, 0.1) is 29.1 Å². The second kappa shape index (κ2) is 15.9. The Bertz CT molecular complexity index is 1960. The first-order chi connectivity index (χ1) is 26.4. The van der Waals surface area contributed by atoms with Crippen LogP contribution in [0.5, 0.6) is 11.6 Å². The molecule has 4 fully saturated rings. The molecule has 6 rings (SSSR count). The fourth-order valence-corrected chi connectivity index (χ4v) is 9.62. The third-order valence-electron chi connectivity index (χ3n) is 11.9. The van der Waals surface area contributed by atoms with Gasteiger partial charge in [-0.3, -0.25) is 19.1 Å². The van der Waals surface area contributed by atoms with E-state index in [1.807, 2.05) is 39.0 Å². The highest BCUT2D eigenvalue weighted by atomic mass is 32.2. The fourth-order valence-electron chi connectivity index (χ4n) is 8.26. The van der Waals surface area contributed by atoms with Crippen LogP contribution in [0.1, 0.15) is 86.5 Å². The molecule has 1 aromatic carbocycles. The van der Waals surface area contributed by atoms with Crippen LogP contribution >= 0.6 is 0 Å². The molecular weight excluding hydrogens is 739 g/mol. The molecule has 1 saturated heterocycles. The summed E-state index contributed by atoms with van der Waals surface area (Å²) in [6.07, 6.45) is 5.22. The van der Waals surface area contributed by atoms with Gasteiger partial charge in [0.15, 0.2) is 0 Å². The number of aromatic nitrogens is 1. The average Bonchev–Trinajstić information content (AvgIpc) is 4.06. The number of benzene rings is 1. The van der Waals surface area contributed by atoms with Crippen LogP contribution in [0.25, 0.3) is 10.8 Å². The minimum absolute atomic E-state index is 0.0277. The van der Waals surface area contributed by atoms with Gasteiger partial charge in [-0.1, -0.05) is 54.0 Å². The number of hydrogen-bond acceptors (Lipinski definition) is 10. The van der Waals surface area contributed by atoms with Crippen molar-refractivity contribution in [2.75, 3.05) is 13.7 Å². The number of pyridine rings is 1. The van der Waals surface area contributed by atoms with Crippen molar-refractivity contribution in [1.82, 2.24) is 25.2 Å². The molecule has 3 aliphatic carbocycles. The number of ether oxygens (including phenoxy) is 3. The van der Waals surface area contributed by atoms with E-state index >= 15 is 0 Å². The Morgan fingerprint density at radius 1 is 1.07 bits per heavy atom. The molecule has 3 saturated carbocycles. The molecule has 56 heavy (non-hydrogen) atoms. The Balaban J connectivity index is 1.27. The van der Waals surface area contributed by atoms with Crippen molar-refractivity contribution < 1.29 is 41.8 Å². The number of amides is 4. The number of carbonyl (C=O) groups is 4. The van der Waals surface area contributed by atoms with Gasteiger partial charge in [0.1, 0.15) is 35.6 Å². The third kappa shape index (κ3) is 8.77. The number of sulfonamides is 1. The SMILES string of the molecule is C=CC1C[C@]1(NC(=O)[C@@H]1C[C@@H](Oc2nccc3cc(OC)ccc23)CN1C(=O)[C@@H](NC(=O)O[C@@H]1C[C@H](C)CC[C@H]1C(C)C)C(C)(C)C)C(=O)NS(=O)(=O)C1CC1. The van der Waals surface area contributed by atoms with Gasteiger partial charge in [-0.25, -0.2) is 18.2 Å². The second-order valence-electron chi connectivity index (χ2n) is 17.6. The highest BCUT2D eigenvalue weighted by molar-refractivity contribution is 7.91. The first kappa shape index (κ1) is 41.2. The first-order valence-corrected chi connectivity index (χ1v) is 21.3. The lowest BCUT2D eigenvalue weighted by atomic mass is 9.75. The topological polar surface area (TPSA) is 182 Å². The zero-order valence-corrected chi connectivity index (χ0v) is 34.3. The summed E-state index contributed by atoms with van der Waals surface area (Å²) in [5.74, 6) is -0.689. The van der Waals surface area contributed by atoms with Gasteiger partial charge in [0.2, 0.25) is 27.7 Å². The lowest BCUT2D eigenvalue weighted by Gasteiger charge is -2.38. The number of hydrogen-bond donors (Lipinski definition) is 3. The summed E-state index contributed by atoms with van der Waals surface area (Å²) in [5.41, 5.74) is -2.37. The molecule has 1 aliphatic heterocycles. The van der Waals surface area contributed by atoms with Crippen molar-refractivity contribution in [3.05, 3.63) is 43.1 Å². The first-order valence-electron chi connectivity index (χ1n) is 19.7. The predicted octanol–water partition coefficient (Wildman–Crippen LogP) is 4.86. The standard InChI is InChI=1S/C41H57N5O9S/c1-9-26-21-41(26,38(49)45-56(51,52)29-12-13-29)44-35(47)32-20-28(54-36-31-15-11-27(53-8)19-25(31)16-17-42-36)22-46(32)37(48)34(40(5,6)7)43-39(50)55-33-18-24(4)10-14-30(33)23(2)3/h9,11,15-17,19,23-24,26,28-30,32-34H,1,10,12-14,18,20-22H2,2-8H3,(H,43,50)(H,44,47)(H,45,49)/t24-,26?,28-,30+,32+,33-,34-,41-/m1/s1. The number of methoxy groups -OCH3 is 1. The molecule has 1 aromatic heterocycles. The minimum Gasteiger partial charge on any atom is -0.497 e. The van der Waals surface area contributed by atoms with Crippen LogP contribution in [-0.2, 0) is 29.1 Å². The normalized spacial score (nSPS) is 28.2. The van der Waals surface area contributed by atoms with E-state index in [1.165, 1.54) is 11.0 Å². The van der Waals surface area contributed by atoms with Crippen LogP contribution in [0.4, 0.5) is 4.79 Å². The van der Waals surface area contributed by atoms with E-state index in [-0.39, 0.29) is 31.4 Å². The number of carbonyl (C=O) groups excluding carboxylic acids is 4. The van der Waals surface area contributed by atoms with E-state index in [9.17, 15) is 27.6 Å². The van der Waals surface area contributed by atoms with Crippen molar-refractivity contribution in [3.63, 3.8) is 0 Å². The van der Waals surface area contributed by atoms with Crippen molar-refractivity contribution in [2.24, 2.45) is 29.1 Å². The molecule has 2 aromatic rings. The largest absolute Gasteiger partial charge is 0.497 e. The molecule has 0 bridgehead atoms. The van der Waals surface area contributed by atoms with Crippen molar-refractivity contribution in [1.29, 1.82) is 0 Å². The number of alkyl carbamates (subject to hydrolysis) is 1. The summed E-state index contributed by atoms with van der Waals surface area (Å²) < 4.78 is 45.5. The van der Waals surface area contributed by atoms with Crippen molar-refractivity contribution in [2.45, 2.75) is 122 Å². The number of nitrogens with one attached hydrogen (secondary N) is 3. The zero-order chi connectivity index (χ0) is 40.7. The maximum absolute atomic E-state index is 14.8. The van der Waals surface area contributed by atoms with E-state index in [0.29, 0.717) is 41.7 Å². The Hall–Kier alpha value is -4.40. The Morgan fingerprint density at radius 2 is 1.80 bits per heavy atom. The van der Waals surface area contributed by atoms with Crippen LogP contribution in [0.2, 0.25) is 0 Å². The van der Waals surface area contributed by atoms with Crippen molar-refractivity contribution in [3.8, 4) is 11.6 Å². The van der Waals surface area contributed by atoms with Crippen LogP contribution in [0.3, 0.4) is 0 Å². The number of fused-ring (bicyclic) bond motifs is 1. The summed E-state index contributed by atoms with van der Waals surface area (Å²) in [4.78, 5) is 62.2. The van der Waals surface area contributed by atoms with E-state index in [2.05, 4.69) is 47.7 Å². The van der Waals surface area contributed by atoms with Gasteiger partial charge >= 0.3 is 6.09 Å². The van der Waals surface area contributed by atoms with Gasteiger partial charge in [-0.05, 0) is 84.9 Å². The van der Waals surface area contributed by atoms with Crippen LogP contribution in [-0.4, -0.2) is 90.9 Å². The number of rotatable bonds is 13. The molecule has 15 heteroatoms. The van der Waals surface area contributed by atoms with Gasteiger partial charge in [0.25, 0.3) is 5.91 Å². The maximum atomic E-state index is 14.8. The molecule has 8 atom stereocenters. The van der Waals surface area contributed by atoms with Crippen molar-refractivity contribution >= 4 is 44.6 Å². The molecule has 14 nitrogen and oxygen atoms in total. The monoisotopic (exact) mass is 795 g/mol. The van der Waals surface area contributed by atoms with E-state index in [0.717, 1.165) is 24.6 Å². The fraction of sp³-hybridized carbons (Fsp3) is 0.634. The minimum atomic E-state index is -3.90. The lowest BCUT2D eigenvalue weighted by molar-refractivity contribution is -0.143. The predicted molar refractivity (Wildman–Crippen MR) is 210 cm³/mol. The molecule has 2 heterocycles. The van der Waals surface area contributed by atoms with E-state index < -0.39 is 74.1 Å². The van der Waals surface area contributed by atoms with Gasteiger partial charge in [0, 0.05) is 23.9 Å². The quantitative estimate of drug-likeness (QED) is 0.237. The van der Waals surface area contributed by atoms with Gasteiger partial charge in [0.05, 0.1) is 18.9 Å². The second-order valence-corrected chi connectivity index (χ2v) is 19.5. The molecule has 4 amide bonds. The summed E-state index contributed by atoms with van der Waals surface area (Å²) in [6, 6.07) is 5.02.